The average molecular weight is 193 g/mol. The second-order valence-corrected chi connectivity index (χ2v) is 2.66. The summed E-state index contributed by atoms with van der Waals surface area (Å²) in [6, 6.07) is 0. The van der Waals surface area contributed by atoms with Gasteiger partial charge in [-0.25, -0.2) is 0 Å². The van der Waals surface area contributed by atoms with Crippen LogP contribution in [-0.2, 0) is 4.79 Å². The third-order valence-electron chi connectivity index (χ3n) is 0.946. The van der Waals surface area contributed by atoms with Gasteiger partial charge in [-0.15, -0.1) is 0 Å². The molecule has 0 fully saturated rings. The normalized spacial score (nSPS) is 13.9. The van der Waals surface area contributed by atoms with Crippen LogP contribution in [0.4, 0.5) is 0 Å². The number of hydrogen-bond donors (Lipinski definition) is 4. The van der Waals surface area contributed by atoms with Gasteiger partial charge < -0.3 is 15.3 Å². The van der Waals surface area contributed by atoms with E-state index < -0.39 is 18.4 Å². The minimum atomic E-state index is -0.711. The van der Waals surface area contributed by atoms with E-state index in [0.717, 1.165) is 6.42 Å². The molecule has 0 aromatic carbocycles. The maximum absolute atomic E-state index is 9.60. The van der Waals surface area contributed by atoms with Crippen LogP contribution in [0.3, 0.4) is 0 Å². The zero-order chi connectivity index (χ0) is 10.9. The van der Waals surface area contributed by atoms with Crippen molar-refractivity contribution < 1.29 is 20.1 Å². The molecule has 5 heteroatoms. The monoisotopic (exact) mass is 193 g/mol. The Kier molecular flexibility index (Phi) is 10.8. The first-order chi connectivity index (χ1) is 5.90. The van der Waals surface area contributed by atoms with E-state index in [1.165, 1.54) is 0 Å². The first-order valence-corrected chi connectivity index (χ1v) is 4.24. The molecule has 4 N–H and O–H groups in total. The minimum absolute atomic E-state index is 0.292. The van der Waals surface area contributed by atoms with E-state index >= 15 is 0 Å². The van der Waals surface area contributed by atoms with Gasteiger partial charge in [-0.05, 0) is 20.3 Å². The van der Waals surface area contributed by atoms with Crippen LogP contribution in [0.1, 0.15) is 33.6 Å². The highest BCUT2D eigenvalue weighted by Gasteiger charge is 1.95. The van der Waals surface area contributed by atoms with Gasteiger partial charge in [0.1, 0.15) is 12.5 Å². The Balaban J connectivity index is 0. The number of carboxylic acid groups (broad SMARTS) is 1. The summed E-state index contributed by atoms with van der Waals surface area (Å²) in [7, 11) is 0. The highest BCUT2D eigenvalue weighted by Crippen LogP contribution is 1.82. The maximum atomic E-state index is 9.60. The van der Waals surface area contributed by atoms with Gasteiger partial charge >= 0.3 is 5.97 Å². The molecular formula is C8H19NO4. The molecule has 0 aromatic heterocycles. The fourth-order valence-electron chi connectivity index (χ4n) is 0.563. The van der Waals surface area contributed by atoms with Crippen molar-refractivity contribution in [3.63, 3.8) is 0 Å². The average Bonchev–Trinajstić information content (AvgIpc) is 1.83. The van der Waals surface area contributed by atoms with Crippen molar-refractivity contribution in [2.45, 2.75) is 46.1 Å². The minimum Gasteiger partial charge on any atom is -0.481 e. The third-order valence-corrected chi connectivity index (χ3v) is 0.946. The number of aliphatic hydroxyl groups excluding tert-OH is 2. The zero-order valence-corrected chi connectivity index (χ0v) is 8.32. The highest BCUT2D eigenvalue weighted by molar-refractivity contribution is 5.66. The molecule has 0 aliphatic rings. The van der Waals surface area contributed by atoms with E-state index in [1.807, 2.05) is 6.92 Å². The van der Waals surface area contributed by atoms with Gasteiger partial charge in [-0.1, -0.05) is 6.92 Å². The molecule has 0 aliphatic heterocycles. The van der Waals surface area contributed by atoms with Crippen LogP contribution in [0.2, 0.25) is 0 Å². The van der Waals surface area contributed by atoms with Gasteiger partial charge in [-0.2, -0.15) is 0 Å². The summed E-state index contributed by atoms with van der Waals surface area (Å²) in [6.45, 7) is 4.94. The van der Waals surface area contributed by atoms with Gasteiger partial charge in [0.15, 0.2) is 0 Å². The van der Waals surface area contributed by atoms with Crippen molar-refractivity contribution in [3.8, 4) is 0 Å². The van der Waals surface area contributed by atoms with Crippen LogP contribution in [0.15, 0.2) is 0 Å². The molecule has 0 radical (unpaired) electrons. The molecule has 0 amide bonds. The van der Waals surface area contributed by atoms with Crippen molar-refractivity contribution in [3.05, 3.63) is 0 Å². The van der Waals surface area contributed by atoms with Gasteiger partial charge in [0.25, 0.3) is 0 Å². The molecular weight excluding hydrogens is 174 g/mol. The number of hydrogen-bond acceptors (Lipinski definition) is 4. The van der Waals surface area contributed by atoms with Crippen LogP contribution >= 0.6 is 0 Å². The van der Waals surface area contributed by atoms with Crippen LogP contribution in [0.5, 0.6) is 0 Å². The lowest BCUT2D eigenvalue weighted by Crippen LogP contribution is -2.33. The number of carbonyl (C=O) groups is 1. The Morgan fingerprint density at radius 2 is 1.69 bits per heavy atom. The van der Waals surface area contributed by atoms with E-state index in [0.29, 0.717) is 6.42 Å². The Morgan fingerprint density at radius 1 is 1.31 bits per heavy atom. The summed E-state index contributed by atoms with van der Waals surface area (Å²) in [6.07, 6.45) is -0.227. The van der Waals surface area contributed by atoms with Crippen LogP contribution in [0, 0.1) is 0 Å². The predicted octanol–water partition coefficient (Wildman–Crippen LogP) is 0.124. The standard InChI is InChI=1S/C4H11NO2.C4H8O2/c1-3(6)5-4(2)7;1-2-3-4(5)6/h3-7H,1-2H3;2-3H2,1H3,(H,5,6). The fraction of sp³-hybridized carbons (Fsp3) is 0.875. The van der Waals surface area contributed by atoms with E-state index in [9.17, 15) is 4.79 Å². The zero-order valence-electron chi connectivity index (χ0n) is 8.32. The lowest BCUT2D eigenvalue weighted by molar-refractivity contribution is -0.137. The molecule has 5 nitrogen and oxygen atoms in total. The number of aliphatic carboxylic acids is 1. The third kappa shape index (κ3) is 24.6. The second kappa shape index (κ2) is 9.44. The Hall–Kier alpha value is -0.650. The summed E-state index contributed by atoms with van der Waals surface area (Å²) in [4.78, 5) is 9.60. The first-order valence-electron chi connectivity index (χ1n) is 4.24. The molecule has 0 rings (SSSR count). The molecule has 0 bridgehead atoms. The van der Waals surface area contributed by atoms with Gasteiger partial charge in [0, 0.05) is 6.42 Å². The summed E-state index contributed by atoms with van der Waals surface area (Å²) < 4.78 is 0. The largest absolute Gasteiger partial charge is 0.481 e. The summed E-state index contributed by atoms with van der Waals surface area (Å²) in [5.41, 5.74) is 0. The fourth-order valence-corrected chi connectivity index (χ4v) is 0.563. The van der Waals surface area contributed by atoms with Crippen LogP contribution in [0.25, 0.3) is 0 Å². The molecule has 0 heterocycles. The van der Waals surface area contributed by atoms with E-state index in [1.54, 1.807) is 13.8 Å². The van der Waals surface area contributed by atoms with Gasteiger partial charge in [-0.3, -0.25) is 10.1 Å². The molecule has 0 aliphatic carbocycles. The number of carboxylic acids is 1. The summed E-state index contributed by atoms with van der Waals surface area (Å²) in [5, 5.41) is 27.2. The summed E-state index contributed by atoms with van der Waals surface area (Å²) in [5.74, 6) is -0.711. The Morgan fingerprint density at radius 3 is 1.69 bits per heavy atom. The quantitative estimate of drug-likeness (QED) is 0.476. The van der Waals surface area contributed by atoms with Crippen LogP contribution < -0.4 is 5.32 Å². The Bertz CT molecular complexity index is 119. The molecule has 2 atom stereocenters. The lowest BCUT2D eigenvalue weighted by Gasteiger charge is -2.08. The lowest BCUT2D eigenvalue weighted by atomic mass is 10.4. The van der Waals surface area contributed by atoms with Gasteiger partial charge in [0.05, 0.1) is 0 Å². The summed E-state index contributed by atoms with van der Waals surface area (Å²) >= 11 is 0. The molecule has 2 unspecified atom stereocenters. The Labute approximate surface area is 78.4 Å². The van der Waals surface area contributed by atoms with Crippen molar-refractivity contribution >= 4 is 5.97 Å². The van der Waals surface area contributed by atoms with E-state index in [4.69, 9.17) is 15.3 Å². The first kappa shape index (κ1) is 14.9. The number of rotatable bonds is 4. The molecule has 0 saturated carbocycles. The SMILES string of the molecule is CC(O)NC(C)O.CCCC(=O)O. The molecule has 0 spiro atoms. The predicted molar refractivity (Wildman–Crippen MR) is 49.0 cm³/mol. The van der Waals surface area contributed by atoms with E-state index in [2.05, 4.69) is 5.32 Å². The van der Waals surface area contributed by atoms with Crippen LogP contribution in [-0.4, -0.2) is 33.7 Å². The topological polar surface area (TPSA) is 89.8 Å². The number of aliphatic hydroxyl groups is 2. The second-order valence-electron chi connectivity index (χ2n) is 2.66. The molecule has 0 saturated heterocycles. The number of nitrogens with one attached hydrogen (secondary N) is 1. The maximum Gasteiger partial charge on any atom is 0.303 e. The molecule has 80 valence electrons. The van der Waals surface area contributed by atoms with Crippen molar-refractivity contribution in [2.24, 2.45) is 0 Å². The van der Waals surface area contributed by atoms with Crippen molar-refractivity contribution in [1.29, 1.82) is 0 Å². The van der Waals surface area contributed by atoms with Crippen molar-refractivity contribution in [1.82, 2.24) is 5.32 Å². The highest BCUT2D eigenvalue weighted by atomic mass is 16.4. The van der Waals surface area contributed by atoms with E-state index in [-0.39, 0.29) is 0 Å². The van der Waals surface area contributed by atoms with Crippen molar-refractivity contribution in [2.75, 3.05) is 0 Å². The molecule has 13 heavy (non-hydrogen) atoms. The molecule has 0 aromatic rings. The van der Waals surface area contributed by atoms with Gasteiger partial charge in [0.2, 0.25) is 0 Å². The smallest absolute Gasteiger partial charge is 0.303 e.